The molecule has 1 amide bonds. The number of para-hydroxylation sites is 1. The molecule has 0 spiro atoms. The Morgan fingerprint density at radius 1 is 1.33 bits per heavy atom. The van der Waals surface area contributed by atoms with E-state index in [1.165, 1.54) is 4.90 Å². The van der Waals surface area contributed by atoms with Gasteiger partial charge in [0.2, 0.25) is 5.91 Å². The van der Waals surface area contributed by atoms with E-state index in [1.807, 2.05) is 30.3 Å². The van der Waals surface area contributed by atoms with Gasteiger partial charge in [0.05, 0.1) is 19.8 Å². The molecule has 2 rings (SSSR count). The Kier molecular flexibility index (Phi) is 5.57. The molecule has 1 atom stereocenters. The molecule has 1 aliphatic heterocycles. The zero-order valence-electron chi connectivity index (χ0n) is 11.7. The van der Waals surface area contributed by atoms with Crippen molar-refractivity contribution in [1.29, 1.82) is 0 Å². The van der Waals surface area contributed by atoms with Crippen molar-refractivity contribution in [2.24, 2.45) is 0 Å². The highest BCUT2D eigenvalue weighted by Gasteiger charge is 2.32. The first-order chi connectivity index (χ1) is 10.2. The van der Waals surface area contributed by atoms with Crippen LogP contribution in [0.25, 0.3) is 0 Å². The number of carboxylic acid groups (broad SMARTS) is 1. The monoisotopic (exact) mass is 293 g/mol. The van der Waals surface area contributed by atoms with Crippen molar-refractivity contribution in [3.63, 3.8) is 0 Å². The summed E-state index contributed by atoms with van der Waals surface area (Å²) in [5.41, 5.74) is 0. The lowest BCUT2D eigenvalue weighted by molar-refractivity contribution is -0.158. The van der Waals surface area contributed by atoms with Gasteiger partial charge in [0.25, 0.3) is 0 Å². The predicted octanol–water partition coefficient (Wildman–Crippen LogP) is 1.16. The molecule has 0 saturated carbocycles. The molecular weight excluding hydrogens is 274 g/mol. The van der Waals surface area contributed by atoms with Gasteiger partial charge in [0.15, 0.2) is 6.04 Å². The van der Waals surface area contributed by atoms with E-state index in [-0.39, 0.29) is 18.9 Å². The van der Waals surface area contributed by atoms with Crippen molar-refractivity contribution in [3.05, 3.63) is 30.3 Å². The standard InChI is InChI=1S/C15H19NO5/c17-14(16-8-10-20-11-13(16)15(18)19)7-4-9-21-12-5-2-1-3-6-12/h1-3,5-6,13H,4,7-11H2,(H,18,19). The van der Waals surface area contributed by atoms with E-state index in [1.54, 1.807) is 0 Å². The molecule has 0 radical (unpaired) electrons. The Hall–Kier alpha value is -2.08. The fourth-order valence-electron chi connectivity index (χ4n) is 2.18. The van der Waals surface area contributed by atoms with E-state index >= 15 is 0 Å². The molecule has 6 heteroatoms. The number of aliphatic carboxylic acids is 1. The van der Waals surface area contributed by atoms with Gasteiger partial charge in [0, 0.05) is 13.0 Å². The fraction of sp³-hybridized carbons (Fsp3) is 0.467. The second-order valence-corrected chi connectivity index (χ2v) is 4.78. The van der Waals surface area contributed by atoms with Crippen LogP contribution in [0.3, 0.4) is 0 Å². The second-order valence-electron chi connectivity index (χ2n) is 4.78. The van der Waals surface area contributed by atoms with Crippen molar-refractivity contribution >= 4 is 11.9 Å². The van der Waals surface area contributed by atoms with E-state index < -0.39 is 12.0 Å². The van der Waals surface area contributed by atoms with Gasteiger partial charge >= 0.3 is 5.97 Å². The lowest BCUT2D eigenvalue weighted by atomic mass is 10.2. The van der Waals surface area contributed by atoms with E-state index in [9.17, 15) is 9.59 Å². The molecule has 1 fully saturated rings. The molecule has 1 aromatic carbocycles. The number of amides is 1. The summed E-state index contributed by atoms with van der Waals surface area (Å²) in [6.07, 6.45) is 0.827. The second kappa shape index (κ2) is 7.64. The van der Waals surface area contributed by atoms with Gasteiger partial charge in [-0.25, -0.2) is 4.79 Å². The number of carbonyl (C=O) groups is 2. The normalized spacial score (nSPS) is 18.3. The summed E-state index contributed by atoms with van der Waals surface area (Å²) in [5.74, 6) is -0.425. The number of benzene rings is 1. The Morgan fingerprint density at radius 2 is 2.10 bits per heavy atom. The minimum atomic E-state index is -1.02. The largest absolute Gasteiger partial charge is 0.494 e. The number of carbonyl (C=O) groups excluding carboxylic acids is 1. The smallest absolute Gasteiger partial charge is 0.328 e. The quantitative estimate of drug-likeness (QED) is 0.796. The number of hydrogen-bond acceptors (Lipinski definition) is 4. The first-order valence-corrected chi connectivity index (χ1v) is 6.96. The van der Waals surface area contributed by atoms with Gasteiger partial charge in [-0.05, 0) is 18.6 Å². The Morgan fingerprint density at radius 3 is 2.81 bits per heavy atom. The predicted molar refractivity (Wildman–Crippen MR) is 75.1 cm³/mol. The Bertz CT molecular complexity index is 476. The third-order valence-electron chi connectivity index (χ3n) is 3.28. The number of carboxylic acids is 1. The molecule has 6 nitrogen and oxygen atoms in total. The molecule has 1 aromatic rings. The highest BCUT2D eigenvalue weighted by molar-refractivity contribution is 5.83. The molecule has 0 bridgehead atoms. The topological polar surface area (TPSA) is 76.1 Å². The van der Waals surface area contributed by atoms with Gasteiger partial charge in [-0.3, -0.25) is 4.79 Å². The molecule has 1 unspecified atom stereocenters. The third-order valence-corrected chi connectivity index (χ3v) is 3.28. The number of morpholine rings is 1. The average Bonchev–Trinajstić information content (AvgIpc) is 2.52. The molecule has 1 aliphatic rings. The first-order valence-electron chi connectivity index (χ1n) is 6.96. The van der Waals surface area contributed by atoms with E-state index in [4.69, 9.17) is 14.6 Å². The lowest BCUT2D eigenvalue weighted by Gasteiger charge is -2.32. The van der Waals surface area contributed by atoms with Crippen LogP contribution in [0.4, 0.5) is 0 Å². The SMILES string of the molecule is O=C(O)C1COCCN1C(=O)CCCOc1ccccc1. The van der Waals surface area contributed by atoms with E-state index in [0.29, 0.717) is 26.2 Å². The number of rotatable bonds is 6. The average molecular weight is 293 g/mol. The fourth-order valence-corrected chi connectivity index (χ4v) is 2.18. The van der Waals surface area contributed by atoms with Gasteiger partial charge in [-0.1, -0.05) is 18.2 Å². The number of nitrogens with zero attached hydrogens (tertiary/aromatic N) is 1. The van der Waals surface area contributed by atoms with Crippen molar-refractivity contribution in [1.82, 2.24) is 4.90 Å². The zero-order valence-corrected chi connectivity index (χ0v) is 11.7. The minimum absolute atomic E-state index is 0.0571. The summed E-state index contributed by atoms with van der Waals surface area (Å²) in [7, 11) is 0. The van der Waals surface area contributed by atoms with Crippen LogP contribution in [0.1, 0.15) is 12.8 Å². The van der Waals surface area contributed by atoms with Gasteiger partial charge in [-0.2, -0.15) is 0 Å². The van der Waals surface area contributed by atoms with Crippen LogP contribution in [0.5, 0.6) is 5.75 Å². The molecule has 114 valence electrons. The van der Waals surface area contributed by atoms with Crippen molar-refractivity contribution < 1.29 is 24.2 Å². The van der Waals surface area contributed by atoms with E-state index in [2.05, 4.69) is 0 Å². The van der Waals surface area contributed by atoms with Gasteiger partial charge < -0.3 is 19.5 Å². The maximum atomic E-state index is 12.1. The van der Waals surface area contributed by atoms with Crippen LogP contribution in [0, 0.1) is 0 Å². The maximum absolute atomic E-state index is 12.1. The highest BCUT2D eigenvalue weighted by Crippen LogP contribution is 2.12. The van der Waals surface area contributed by atoms with Crippen LogP contribution in [0.2, 0.25) is 0 Å². The summed E-state index contributed by atoms with van der Waals surface area (Å²) in [4.78, 5) is 24.5. The highest BCUT2D eigenvalue weighted by atomic mass is 16.5. The maximum Gasteiger partial charge on any atom is 0.328 e. The number of hydrogen-bond donors (Lipinski definition) is 1. The first kappa shape index (κ1) is 15.3. The summed E-state index contributed by atoms with van der Waals surface area (Å²) < 4.78 is 10.6. The molecule has 0 aromatic heterocycles. The Balaban J connectivity index is 1.74. The number of ether oxygens (including phenoxy) is 2. The lowest BCUT2D eigenvalue weighted by Crippen LogP contribution is -2.52. The van der Waals surface area contributed by atoms with Crippen LogP contribution in [0.15, 0.2) is 30.3 Å². The molecular formula is C15H19NO5. The summed E-state index contributed by atoms with van der Waals surface area (Å²) in [5, 5.41) is 9.08. The minimum Gasteiger partial charge on any atom is -0.494 e. The van der Waals surface area contributed by atoms with Crippen molar-refractivity contribution in [2.45, 2.75) is 18.9 Å². The zero-order chi connectivity index (χ0) is 15.1. The summed E-state index contributed by atoms with van der Waals surface area (Å²) in [6.45, 7) is 1.20. The van der Waals surface area contributed by atoms with Crippen LogP contribution in [-0.4, -0.2) is 54.3 Å². The third kappa shape index (κ3) is 4.46. The molecule has 1 saturated heterocycles. The van der Waals surface area contributed by atoms with Crippen LogP contribution in [-0.2, 0) is 14.3 Å². The van der Waals surface area contributed by atoms with Gasteiger partial charge in [-0.15, -0.1) is 0 Å². The molecule has 0 aliphatic carbocycles. The van der Waals surface area contributed by atoms with Crippen LogP contribution >= 0.6 is 0 Å². The molecule has 21 heavy (non-hydrogen) atoms. The van der Waals surface area contributed by atoms with Gasteiger partial charge in [0.1, 0.15) is 5.75 Å². The summed E-state index contributed by atoms with van der Waals surface area (Å²) in [6, 6.07) is 8.49. The molecule has 1 heterocycles. The Labute approximate surface area is 123 Å². The van der Waals surface area contributed by atoms with Crippen molar-refractivity contribution in [3.8, 4) is 5.75 Å². The van der Waals surface area contributed by atoms with E-state index in [0.717, 1.165) is 5.75 Å². The summed E-state index contributed by atoms with van der Waals surface area (Å²) >= 11 is 0. The van der Waals surface area contributed by atoms with Crippen molar-refractivity contribution in [2.75, 3.05) is 26.4 Å². The molecule has 1 N–H and O–H groups in total. The van der Waals surface area contributed by atoms with Crippen LogP contribution < -0.4 is 4.74 Å².